The van der Waals surface area contributed by atoms with E-state index in [1.807, 2.05) is 18.2 Å². The van der Waals surface area contributed by atoms with Gasteiger partial charge in [0.25, 0.3) is 0 Å². The second kappa shape index (κ2) is 5.99. The maximum atomic E-state index is 9.43. The molecule has 0 radical (unpaired) electrons. The largest absolute Gasteiger partial charge is 0.394 e. The van der Waals surface area contributed by atoms with Crippen molar-refractivity contribution < 1.29 is 5.11 Å². The van der Waals surface area contributed by atoms with Gasteiger partial charge in [-0.05, 0) is 24.9 Å². The number of nitrogens with one attached hydrogen (secondary N) is 2. The summed E-state index contributed by atoms with van der Waals surface area (Å²) in [6, 6.07) is 10.7. The summed E-state index contributed by atoms with van der Waals surface area (Å²) in [5.41, 5.74) is 1.16. The van der Waals surface area contributed by atoms with Gasteiger partial charge in [0.1, 0.15) is 0 Å². The fraction of sp³-hybridized carbons (Fsp3) is 0.538. The van der Waals surface area contributed by atoms with Gasteiger partial charge in [-0.15, -0.1) is 0 Å². The zero-order valence-electron chi connectivity index (χ0n) is 9.52. The van der Waals surface area contributed by atoms with E-state index < -0.39 is 0 Å². The molecule has 0 aromatic heterocycles. The second-order valence-corrected chi connectivity index (χ2v) is 4.36. The molecule has 2 rings (SSSR count). The normalized spacial score (nSPS) is 22.9. The summed E-state index contributed by atoms with van der Waals surface area (Å²) in [6.45, 7) is 2.27. The van der Waals surface area contributed by atoms with E-state index in [2.05, 4.69) is 22.8 Å². The standard InChI is InChI=1S/C13H20N2O/c16-10-13(11-5-2-1-3-6-11)15-12-7-4-8-14-9-12/h1-3,5-6,12-16H,4,7-10H2/t12?,13-/m0/s1. The van der Waals surface area contributed by atoms with Gasteiger partial charge in [-0.3, -0.25) is 0 Å². The zero-order chi connectivity index (χ0) is 11.2. The first-order valence-corrected chi connectivity index (χ1v) is 6.02. The Balaban J connectivity index is 1.94. The Morgan fingerprint density at radius 3 is 2.81 bits per heavy atom. The zero-order valence-corrected chi connectivity index (χ0v) is 9.52. The molecule has 3 heteroatoms. The van der Waals surface area contributed by atoms with E-state index in [1.165, 1.54) is 12.8 Å². The minimum Gasteiger partial charge on any atom is -0.394 e. The van der Waals surface area contributed by atoms with Crippen LogP contribution in [0.3, 0.4) is 0 Å². The van der Waals surface area contributed by atoms with E-state index in [1.54, 1.807) is 0 Å². The van der Waals surface area contributed by atoms with Crippen molar-refractivity contribution in [1.82, 2.24) is 10.6 Å². The summed E-state index contributed by atoms with van der Waals surface area (Å²) in [7, 11) is 0. The van der Waals surface area contributed by atoms with Crippen molar-refractivity contribution in [3.63, 3.8) is 0 Å². The monoisotopic (exact) mass is 220 g/mol. The van der Waals surface area contributed by atoms with Gasteiger partial charge in [0.05, 0.1) is 12.6 Å². The average Bonchev–Trinajstić information content (AvgIpc) is 2.38. The first kappa shape index (κ1) is 11.6. The lowest BCUT2D eigenvalue weighted by Gasteiger charge is -2.28. The highest BCUT2D eigenvalue weighted by Crippen LogP contribution is 2.14. The molecule has 3 nitrogen and oxygen atoms in total. The molecule has 88 valence electrons. The molecule has 0 aliphatic carbocycles. The third-order valence-electron chi connectivity index (χ3n) is 3.12. The second-order valence-electron chi connectivity index (χ2n) is 4.36. The summed E-state index contributed by atoms with van der Waals surface area (Å²) < 4.78 is 0. The number of hydrogen-bond donors (Lipinski definition) is 3. The van der Waals surface area contributed by atoms with Crippen LogP contribution in [0.2, 0.25) is 0 Å². The third kappa shape index (κ3) is 3.04. The van der Waals surface area contributed by atoms with E-state index in [9.17, 15) is 5.11 Å². The molecule has 1 heterocycles. The molecule has 0 spiro atoms. The van der Waals surface area contributed by atoms with Gasteiger partial charge < -0.3 is 15.7 Å². The molecule has 0 amide bonds. The molecular weight excluding hydrogens is 200 g/mol. The molecule has 0 bridgehead atoms. The average molecular weight is 220 g/mol. The van der Waals surface area contributed by atoms with Crippen LogP contribution in [0.5, 0.6) is 0 Å². The third-order valence-corrected chi connectivity index (χ3v) is 3.12. The lowest BCUT2D eigenvalue weighted by Crippen LogP contribution is -2.45. The maximum Gasteiger partial charge on any atom is 0.0626 e. The van der Waals surface area contributed by atoms with Crippen molar-refractivity contribution >= 4 is 0 Å². The molecule has 1 aliphatic rings. The van der Waals surface area contributed by atoms with Gasteiger partial charge in [0.2, 0.25) is 0 Å². The summed E-state index contributed by atoms with van der Waals surface area (Å²) in [6.07, 6.45) is 2.40. The molecule has 3 N–H and O–H groups in total. The van der Waals surface area contributed by atoms with Crippen LogP contribution in [-0.2, 0) is 0 Å². The van der Waals surface area contributed by atoms with Crippen molar-refractivity contribution in [1.29, 1.82) is 0 Å². The van der Waals surface area contributed by atoms with Crippen LogP contribution < -0.4 is 10.6 Å². The van der Waals surface area contributed by atoms with E-state index in [0.717, 1.165) is 18.7 Å². The van der Waals surface area contributed by atoms with Gasteiger partial charge in [0.15, 0.2) is 0 Å². The van der Waals surface area contributed by atoms with Crippen LogP contribution >= 0.6 is 0 Å². The summed E-state index contributed by atoms with van der Waals surface area (Å²) >= 11 is 0. The minimum absolute atomic E-state index is 0.0612. The van der Waals surface area contributed by atoms with Gasteiger partial charge in [-0.2, -0.15) is 0 Å². The van der Waals surface area contributed by atoms with Crippen LogP contribution in [0.1, 0.15) is 24.4 Å². The molecule has 1 aliphatic heterocycles. The van der Waals surface area contributed by atoms with Crippen molar-refractivity contribution in [3.05, 3.63) is 35.9 Å². The minimum atomic E-state index is 0.0612. The fourth-order valence-corrected chi connectivity index (χ4v) is 2.22. The number of aliphatic hydroxyl groups excluding tert-OH is 1. The van der Waals surface area contributed by atoms with Gasteiger partial charge >= 0.3 is 0 Å². The van der Waals surface area contributed by atoms with Gasteiger partial charge in [-0.25, -0.2) is 0 Å². The molecule has 16 heavy (non-hydrogen) atoms. The van der Waals surface area contributed by atoms with E-state index >= 15 is 0 Å². The Bertz CT molecular complexity index is 296. The van der Waals surface area contributed by atoms with Crippen molar-refractivity contribution in [2.24, 2.45) is 0 Å². The SMILES string of the molecule is OC[C@H](NC1CCCNC1)c1ccccc1. The van der Waals surface area contributed by atoms with Crippen molar-refractivity contribution in [2.45, 2.75) is 24.9 Å². The number of benzene rings is 1. The smallest absolute Gasteiger partial charge is 0.0626 e. The highest BCUT2D eigenvalue weighted by molar-refractivity contribution is 5.19. The maximum absolute atomic E-state index is 9.43. The van der Waals surface area contributed by atoms with E-state index in [4.69, 9.17) is 0 Å². The Hall–Kier alpha value is -0.900. The predicted octanol–water partition coefficient (Wildman–Crippen LogP) is 1.06. The molecule has 1 aromatic carbocycles. The molecule has 1 aromatic rings. The molecule has 0 saturated carbocycles. The van der Waals surface area contributed by atoms with Crippen LogP contribution in [0.15, 0.2) is 30.3 Å². The molecule has 1 fully saturated rings. The Morgan fingerprint density at radius 1 is 1.38 bits per heavy atom. The first-order chi connectivity index (χ1) is 7.90. The number of piperidine rings is 1. The first-order valence-electron chi connectivity index (χ1n) is 6.02. The lowest BCUT2D eigenvalue weighted by molar-refractivity contribution is 0.223. The predicted molar refractivity (Wildman–Crippen MR) is 65.3 cm³/mol. The molecule has 1 unspecified atom stereocenters. The molecule has 2 atom stereocenters. The van der Waals surface area contributed by atoms with E-state index in [0.29, 0.717) is 6.04 Å². The van der Waals surface area contributed by atoms with Gasteiger partial charge in [0, 0.05) is 12.6 Å². The summed E-state index contributed by atoms with van der Waals surface area (Å²) in [5, 5.41) is 16.3. The van der Waals surface area contributed by atoms with Gasteiger partial charge in [-0.1, -0.05) is 30.3 Å². The van der Waals surface area contributed by atoms with Crippen LogP contribution in [0.25, 0.3) is 0 Å². The number of aliphatic hydroxyl groups is 1. The Labute approximate surface area is 96.9 Å². The highest BCUT2D eigenvalue weighted by atomic mass is 16.3. The number of rotatable bonds is 4. The van der Waals surface area contributed by atoms with E-state index in [-0.39, 0.29) is 12.6 Å². The Morgan fingerprint density at radius 2 is 2.19 bits per heavy atom. The number of hydrogen-bond acceptors (Lipinski definition) is 3. The van der Waals surface area contributed by atoms with Crippen molar-refractivity contribution in [3.8, 4) is 0 Å². The van der Waals surface area contributed by atoms with Crippen LogP contribution in [-0.4, -0.2) is 30.8 Å². The summed E-state index contributed by atoms with van der Waals surface area (Å²) in [5.74, 6) is 0. The Kier molecular flexibility index (Phi) is 4.34. The molecule has 1 saturated heterocycles. The summed E-state index contributed by atoms with van der Waals surface area (Å²) in [4.78, 5) is 0. The van der Waals surface area contributed by atoms with Crippen LogP contribution in [0, 0.1) is 0 Å². The lowest BCUT2D eigenvalue weighted by atomic mass is 10.0. The quantitative estimate of drug-likeness (QED) is 0.711. The van der Waals surface area contributed by atoms with Crippen LogP contribution in [0.4, 0.5) is 0 Å². The fourth-order valence-electron chi connectivity index (χ4n) is 2.22. The van der Waals surface area contributed by atoms with Crippen molar-refractivity contribution in [2.75, 3.05) is 19.7 Å². The molecular formula is C13H20N2O. The topological polar surface area (TPSA) is 44.3 Å². The highest BCUT2D eigenvalue weighted by Gasteiger charge is 2.17.